The Labute approximate surface area is 172 Å². The number of amides is 1. The number of hydrogen-bond donors (Lipinski definition) is 1. The van der Waals surface area contributed by atoms with Gasteiger partial charge in [-0.25, -0.2) is 4.98 Å². The fourth-order valence-electron chi connectivity index (χ4n) is 4.58. The van der Waals surface area contributed by atoms with Crippen LogP contribution in [0.1, 0.15) is 42.6 Å². The fourth-order valence-corrected chi connectivity index (χ4v) is 4.58. The Hall–Kier alpha value is -2.18. The van der Waals surface area contributed by atoms with Gasteiger partial charge in [-0.3, -0.25) is 9.69 Å². The van der Waals surface area contributed by atoms with E-state index in [2.05, 4.69) is 51.0 Å². The highest BCUT2D eigenvalue weighted by atomic mass is 16.5. The van der Waals surface area contributed by atoms with E-state index in [1.54, 1.807) is 0 Å². The van der Waals surface area contributed by atoms with Crippen LogP contribution in [0.3, 0.4) is 0 Å². The molecule has 1 aromatic heterocycles. The van der Waals surface area contributed by atoms with Crippen molar-refractivity contribution in [3.63, 3.8) is 0 Å². The van der Waals surface area contributed by atoms with Gasteiger partial charge in [-0.15, -0.1) is 0 Å². The summed E-state index contributed by atoms with van der Waals surface area (Å²) in [6.45, 7) is 6.30. The van der Waals surface area contributed by atoms with Crippen molar-refractivity contribution < 1.29 is 9.53 Å². The Kier molecular flexibility index (Phi) is 4.92. The first-order valence-electron chi connectivity index (χ1n) is 10.9. The van der Waals surface area contributed by atoms with Gasteiger partial charge in [0.1, 0.15) is 11.4 Å². The minimum Gasteiger partial charge on any atom is -0.354 e. The van der Waals surface area contributed by atoms with Gasteiger partial charge >= 0.3 is 0 Å². The number of fused-ring (bicyclic) bond motifs is 2. The van der Waals surface area contributed by atoms with E-state index in [1.807, 2.05) is 12.4 Å². The number of ether oxygens (including phenoxy) is 1. The number of aromatic nitrogens is 2. The average molecular weight is 395 g/mol. The van der Waals surface area contributed by atoms with E-state index >= 15 is 0 Å². The molecule has 1 saturated heterocycles. The van der Waals surface area contributed by atoms with E-state index in [0.29, 0.717) is 12.5 Å². The summed E-state index contributed by atoms with van der Waals surface area (Å²) >= 11 is 0. The Balaban J connectivity index is 1.26. The molecule has 2 fully saturated rings. The summed E-state index contributed by atoms with van der Waals surface area (Å²) in [4.78, 5) is 19.8. The third-order valence-corrected chi connectivity index (χ3v) is 6.60. The molecule has 5 rings (SSSR count). The number of hydrogen-bond acceptors (Lipinski definition) is 4. The highest BCUT2D eigenvalue weighted by Crippen LogP contribution is 2.40. The first-order valence-corrected chi connectivity index (χ1v) is 10.9. The number of rotatable bonds is 5. The van der Waals surface area contributed by atoms with Crippen LogP contribution in [0.25, 0.3) is 0 Å². The lowest BCUT2D eigenvalue weighted by Gasteiger charge is -2.45. The van der Waals surface area contributed by atoms with Gasteiger partial charge in [-0.05, 0) is 44.1 Å². The van der Waals surface area contributed by atoms with Gasteiger partial charge < -0.3 is 14.6 Å². The van der Waals surface area contributed by atoms with Crippen LogP contribution < -0.4 is 5.32 Å². The first-order chi connectivity index (χ1) is 14.1. The van der Waals surface area contributed by atoms with Gasteiger partial charge in [-0.2, -0.15) is 0 Å². The van der Waals surface area contributed by atoms with Crippen LogP contribution >= 0.6 is 0 Å². The van der Waals surface area contributed by atoms with Crippen LogP contribution in [0.2, 0.25) is 0 Å². The van der Waals surface area contributed by atoms with E-state index < -0.39 is 11.7 Å². The van der Waals surface area contributed by atoms with E-state index in [4.69, 9.17) is 4.74 Å². The summed E-state index contributed by atoms with van der Waals surface area (Å²) in [5, 5.41) is 3.10. The Morgan fingerprint density at radius 2 is 2.00 bits per heavy atom. The van der Waals surface area contributed by atoms with E-state index in [0.717, 1.165) is 44.8 Å². The zero-order chi connectivity index (χ0) is 19.8. The molecule has 1 atom stereocenters. The number of likely N-dealkylation sites (tertiary alicyclic amines) is 1. The number of piperidine rings is 1. The molecular formula is C23H30N4O2. The topological polar surface area (TPSA) is 59.4 Å². The smallest absolute Gasteiger partial charge is 0.251 e. The number of benzene rings is 1. The van der Waals surface area contributed by atoms with Crippen molar-refractivity contribution >= 4 is 5.91 Å². The molecule has 6 nitrogen and oxygen atoms in total. The molecule has 1 aromatic carbocycles. The normalized spacial score (nSPS) is 23.7. The average Bonchev–Trinajstić information content (AvgIpc) is 3.44. The van der Waals surface area contributed by atoms with Gasteiger partial charge in [-0.1, -0.05) is 29.8 Å². The molecule has 1 saturated carbocycles. The minimum atomic E-state index is -0.451. The number of carbonyl (C=O) groups excluding carboxylic acids is 1. The van der Waals surface area contributed by atoms with Crippen molar-refractivity contribution in [1.29, 1.82) is 0 Å². The number of imidazole rings is 1. The second-order valence-corrected chi connectivity index (χ2v) is 8.95. The fraction of sp³-hybridized carbons (Fsp3) is 0.565. The van der Waals surface area contributed by atoms with Crippen molar-refractivity contribution in [1.82, 2.24) is 19.8 Å². The summed E-state index contributed by atoms with van der Waals surface area (Å²) in [5.74, 6) is 1.68. The van der Waals surface area contributed by atoms with Gasteiger partial charge in [0, 0.05) is 38.6 Å². The lowest BCUT2D eigenvalue weighted by Crippen LogP contribution is -2.54. The molecule has 29 heavy (non-hydrogen) atoms. The van der Waals surface area contributed by atoms with Crippen LogP contribution in [-0.2, 0) is 28.2 Å². The maximum absolute atomic E-state index is 12.7. The predicted octanol–water partition coefficient (Wildman–Crippen LogP) is 2.61. The van der Waals surface area contributed by atoms with Gasteiger partial charge in [0.05, 0.1) is 6.54 Å². The molecule has 1 aliphatic carbocycles. The van der Waals surface area contributed by atoms with Crippen LogP contribution in [-0.4, -0.2) is 46.1 Å². The lowest BCUT2D eigenvalue weighted by molar-refractivity contribution is -0.173. The maximum Gasteiger partial charge on any atom is 0.251 e. The van der Waals surface area contributed by atoms with Crippen molar-refractivity contribution in [2.45, 2.75) is 57.4 Å². The Bertz CT molecular complexity index is 863. The number of aryl methyl sites for hydroxylation is 1. The minimum absolute atomic E-state index is 0.0257. The third-order valence-electron chi connectivity index (χ3n) is 6.60. The molecular weight excluding hydrogens is 364 g/mol. The Morgan fingerprint density at radius 3 is 2.72 bits per heavy atom. The summed E-state index contributed by atoms with van der Waals surface area (Å²) in [5.41, 5.74) is 2.18. The summed E-state index contributed by atoms with van der Waals surface area (Å²) in [6, 6.07) is 8.77. The summed E-state index contributed by atoms with van der Waals surface area (Å²) in [7, 11) is 0. The predicted molar refractivity (Wildman–Crippen MR) is 110 cm³/mol. The van der Waals surface area contributed by atoms with Crippen LogP contribution in [0.15, 0.2) is 36.7 Å². The van der Waals surface area contributed by atoms with Crippen LogP contribution in [0.4, 0.5) is 0 Å². The second kappa shape index (κ2) is 7.58. The van der Waals surface area contributed by atoms with Crippen molar-refractivity contribution in [2.24, 2.45) is 5.92 Å². The lowest BCUT2D eigenvalue weighted by atomic mass is 9.88. The molecule has 6 heteroatoms. The van der Waals surface area contributed by atoms with Gasteiger partial charge in [0.15, 0.2) is 6.10 Å². The monoisotopic (exact) mass is 394 g/mol. The quantitative estimate of drug-likeness (QED) is 0.847. The molecule has 1 N–H and O–H groups in total. The zero-order valence-corrected chi connectivity index (χ0v) is 17.1. The molecule has 1 unspecified atom stereocenters. The second-order valence-electron chi connectivity index (χ2n) is 8.95. The third kappa shape index (κ3) is 3.96. The number of nitrogens with zero attached hydrogens (tertiary/aromatic N) is 3. The molecule has 2 aromatic rings. The standard InChI is InChI=1S/C23H30N4O2/c1-17-2-4-19(5-3-17)15-26-11-8-23(9-12-26)22-24-10-13-27(22)16-20(29-23)21(28)25-14-18-6-7-18/h2-5,10,13,18,20H,6-9,11-12,14-16H2,1H3,(H,25,28). The van der Waals surface area contributed by atoms with Crippen LogP contribution in [0, 0.1) is 12.8 Å². The number of nitrogens with one attached hydrogen (secondary N) is 1. The van der Waals surface area contributed by atoms with Gasteiger partial charge in [0.25, 0.3) is 5.91 Å². The van der Waals surface area contributed by atoms with E-state index in [9.17, 15) is 4.79 Å². The SMILES string of the molecule is Cc1ccc(CN2CCC3(CC2)OC(C(=O)NCC2CC2)Cn2ccnc23)cc1. The molecule has 1 spiro atoms. The highest BCUT2D eigenvalue weighted by Gasteiger charge is 2.47. The zero-order valence-electron chi connectivity index (χ0n) is 17.1. The molecule has 3 aliphatic rings. The van der Waals surface area contributed by atoms with Gasteiger partial charge in [0.2, 0.25) is 0 Å². The molecule has 154 valence electrons. The summed E-state index contributed by atoms with van der Waals surface area (Å²) in [6.07, 6.45) is 7.59. The van der Waals surface area contributed by atoms with Crippen molar-refractivity contribution in [3.05, 3.63) is 53.6 Å². The Morgan fingerprint density at radius 1 is 1.24 bits per heavy atom. The van der Waals surface area contributed by atoms with E-state index in [-0.39, 0.29) is 5.91 Å². The molecule has 0 bridgehead atoms. The van der Waals surface area contributed by atoms with E-state index in [1.165, 1.54) is 24.0 Å². The molecule has 0 radical (unpaired) electrons. The van der Waals surface area contributed by atoms with Crippen LogP contribution in [0.5, 0.6) is 0 Å². The molecule has 2 aliphatic heterocycles. The first kappa shape index (κ1) is 18.8. The maximum atomic E-state index is 12.7. The molecule has 3 heterocycles. The highest BCUT2D eigenvalue weighted by molar-refractivity contribution is 5.81. The number of carbonyl (C=O) groups is 1. The summed E-state index contributed by atoms with van der Waals surface area (Å²) < 4.78 is 8.63. The van der Waals surface area contributed by atoms with Crippen molar-refractivity contribution in [2.75, 3.05) is 19.6 Å². The largest absolute Gasteiger partial charge is 0.354 e. The molecule has 1 amide bonds. The van der Waals surface area contributed by atoms with Crippen molar-refractivity contribution in [3.8, 4) is 0 Å².